The fourth-order valence-electron chi connectivity index (χ4n) is 5.26. The lowest BCUT2D eigenvalue weighted by Crippen LogP contribution is -2.48. The molecule has 0 aliphatic carbocycles. The average Bonchev–Trinajstić information content (AvgIpc) is 3.23. The molecule has 3 aliphatic heterocycles. The van der Waals surface area contributed by atoms with Gasteiger partial charge in [0.2, 0.25) is 5.91 Å². The second-order valence-electron chi connectivity index (χ2n) is 9.39. The van der Waals surface area contributed by atoms with Crippen LogP contribution in [-0.2, 0) is 9.53 Å². The number of urea groups is 1. The lowest BCUT2D eigenvalue weighted by atomic mass is 9.84. The Morgan fingerprint density at radius 1 is 1.03 bits per heavy atom. The third-order valence-corrected chi connectivity index (χ3v) is 6.97. The van der Waals surface area contributed by atoms with E-state index < -0.39 is 12.1 Å². The number of aliphatic hydroxyl groups excluding tert-OH is 1. The summed E-state index contributed by atoms with van der Waals surface area (Å²) in [7, 11) is 0. The third-order valence-electron chi connectivity index (χ3n) is 6.97. The Morgan fingerprint density at radius 2 is 1.74 bits per heavy atom. The van der Waals surface area contributed by atoms with E-state index in [0.29, 0.717) is 23.5 Å². The number of halogens is 1. The molecule has 5 rings (SSSR count). The first-order chi connectivity index (χ1) is 17.0. The Bertz CT molecular complexity index is 1070. The SMILES string of the molecule is O=C(Nc1ccc(F)cc1)Nc1ccc2c(c1)[C@H]1C[C@H](CC(=O)N3CCCCC3)O[C@H](CO)[C@H]1O2. The standard InChI is InChI=1S/C26H30FN3O5/c27-16-4-6-17(7-5-16)28-26(33)29-18-8-9-22-20(12-18)21-13-19(34-23(15-31)25(21)35-22)14-24(32)30-10-2-1-3-11-30/h4-9,12,19,21,23,25,31H,1-3,10-11,13-15H2,(H2,28,29,33)/t19-,21-,23-,25+/m1/s1. The molecule has 0 unspecified atom stereocenters. The van der Waals surface area contributed by atoms with Crippen LogP contribution in [-0.4, -0.2) is 60.0 Å². The Hall–Kier alpha value is -3.17. The first-order valence-electron chi connectivity index (χ1n) is 12.2. The molecule has 35 heavy (non-hydrogen) atoms. The molecular formula is C26H30FN3O5. The molecule has 3 N–H and O–H groups in total. The lowest BCUT2D eigenvalue weighted by Gasteiger charge is -2.38. The van der Waals surface area contributed by atoms with E-state index in [1.165, 1.54) is 24.3 Å². The molecule has 2 aromatic carbocycles. The molecule has 0 spiro atoms. The Kier molecular flexibility index (Phi) is 6.88. The minimum atomic E-state index is -0.529. The van der Waals surface area contributed by atoms with Crippen molar-refractivity contribution in [3.05, 3.63) is 53.8 Å². The highest BCUT2D eigenvalue weighted by molar-refractivity contribution is 5.99. The molecule has 4 atom stereocenters. The van der Waals surface area contributed by atoms with Gasteiger partial charge < -0.3 is 30.1 Å². The van der Waals surface area contributed by atoms with Gasteiger partial charge in [-0.15, -0.1) is 0 Å². The number of ether oxygens (including phenoxy) is 2. The number of piperidine rings is 1. The highest BCUT2D eigenvalue weighted by Gasteiger charge is 2.46. The fourth-order valence-corrected chi connectivity index (χ4v) is 5.26. The first kappa shape index (κ1) is 23.6. The van der Waals surface area contributed by atoms with E-state index in [0.717, 1.165) is 37.9 Å². The van der Waals surface area contributed by atoms with Crippen LogP contribution in [0.5, 0.6) is 5.75 Å². The van der Waals surface area contributed by atoms with Gasteiger partial charge in [0, 0.05) is 35.9 Å². The largest absolute Gasteiger partial charge is 0.487 e. The summed E-state index contributed by atoms with van der Waals surface area (Å²) >= 11 is 0. The van der Waals surface area contributed by atoms with Gasteiger partial charge in [0.25, 0.3) is 0 Å². The number of likely N-dealkylation sites (tertiary alicyclic amines) is 1. The van der Waals surface area contributed by atoms with E-state index in [2.05, 4.69) is 10.6 Å². The summed E-state index contributed by atoms with van der Waals surface area (Å²) in [5.74, 6) is 0.348. The van der Waals surface area contributed by atoms with Crippen molar-refractivity contribution >= 4 is 23.3 Å². The molecule has 0 bridgehead atoms. The minimum Gasteiger partial charge on any atom is -0.487 e. The zero-order valence-corrected chi connectivity index (χ0v) is 19.4. The molecular weight excluding hydrogens is 453 g/mol. The summed E-state index contributed by atoms with van der Waals surface area (Å²) in [6, 6.07) is 10.5. The van der Waals surface area contributed by atoms with Gasteiger partial charge in [-0.3, -0.25) is 4.79 Å². The van der Waals surface area contributed by atoms with Crippen LogP contribution in [0.3, 0.4) is 0 Å². The van der Waals surface area contributed by atoms with Gasteiger partial charge in [0.05, 0.1) is 19.1 Å². The van der Waals surface area contributed by atoms with E-state index >= 15 is 0 Å². The van der Waals surface area contributed by atoms with Gasteiger partial charge in [-0.05, 0) is 68.1 Å². The minimum absolute atomic E-state index is 0.0584. The van der Waals surface area contributed by atoms with E-state index in [-0.39, 0.29) is 42.9 Å². The topological polar surface area (TPSA) is 100 Å². The summed E-state index contributed by atoms with van der Waals surface area (Å²) in [6.07, 6.45) is 2.92. The van der Waals surface area contributed by atoms with Crippen LogP contribution in [0, 0.1) is 5.82 Å². The number of nitrogens with zero attached hydrogens (tertiary/aromatic N) is 1. The van der Waals surface area contributed by atoms with Crippen LogP contribution in [0.4, 0.5) is 20.6 Å². The van der Waals surface area contributed by atoms with Gasteiger partial charge in [0.1, 0.15) is 23.8 Å². The number of carbonyl (C=O) groups excluding carboxylic acids is 2. The van der Waals surface area contributed by atoms with Crippen LogP contribution >= 0.6 is 0 Å². The quantitative estimate of drug-likeness (QED) is 0.600. The van der Waals surface area contributed by atoms with Gasteiger partial charge in [-0.25, -0.2) is 9.18 Å². The van der Waals surface area contributed by atoms with Crippen molar-refractivity contribution in [2.45, 2.75) is 56.3 Å². The highest BCUT2D eigenvalue weighted by atomic mass is 19.1. The van der Waals surface area contributed by atoms with E-state index in [4.69, 9.17) is 9.47 Å². The number of amides is 3. The molecule has 186 valence electrons. The van der Waals surface area contributed by atoms with Crippen molar-refractivity contribution in [2.24, 2.45) is 0 Å². The fraction of sp³-hybridized carbons (Fsp3) is 0.462. The summed E-state index contributed by atoms with van der Waals surface area (Å²) < 4.78 is 25.3. The van der Waals surface area contributed by atoms with Gasteiger partial charge in [-0.1, -0.05) is 0 Å². The van der Waals surface area contributed by atoms with Crippen molar-refractivity contribution in [1.82, 2.24) is 4.90 Å². The molecule has 2 fully saturated rings. The van der Waals surface area contributed by atoms with E-state index in [1.54, 1.807) is 12.1 Å². The first-order valence-corrected chi connectivity index (χ1v) is 12.2. The second kappa shape index (κ2) is 10.2. The summed E-state index contributed by atoms with van der Waals surface area (Å²) in [5, 5.41) is 15.4. The molecule has 0 aromatic heterocycles. The highest BCUT2D eigenvalue weighted by Crippen LogP contribution is 2.47. The van der Waals surface area contributed by atoms with Crippen molar-refractivity contribution in [3.63, 3.8) is 0 Å². The van der Waals surface area contributed by atoms with Gasteiger partial charge in [-0.2, -0.15) is 0 Å². The summed E-state index contributed by atoms with van der Waals surface area (Å²) in [6.45, 7) is 1.39. The van der Waals surface area contributed by atoms with E-state index in [9.17, 15) is 19.1 Å². The van der Waals surface area contributed by atoms with Crippen LogP contribution in [0.25, 0.3) is 0 Å². The summed E-state index contributed by atoms with van der Waals surface area (Å²) in [5.41, 5.74) is 1.98. The zero-order valence-electron chi connectivity index (χ0n) is 19.4. The number of aliphatic hydroxyl groups is 1. The zero-order chi connectivity index (χ0) is 24.4. The average molecular weight is 484 g/mol. The molecule has 2 aromatic rings. The molecule has 0 saturated carbocycles. The number of benzene rings is 2. The molecule has 2 saturated heterocycles. The van der Waals surface area contributed by atoms with Crippen molar-refractivity contribution < 1.29 is 28.6 Å². The number of carbonyl (C=O) groups is 2. The molecule has 3 amide bonds. The number of rotatable bonds is 5. The second-order valence-corrected chi connectivity index (χ2v) is 9.39. The summed E-state index contributed by atoms with van der Waals surface area (Å²) in [4.78, 5) is 27.2. The third kappa shape index (κ3) is 5.26. The normalized spacial score (nSPS) is 25.3. The Morgan fingerprint density at radius 3 is 2.49 bits per heavy atom. The predicted octanol–water partition coefficient (Wildman–Crippen LogP) is 3.87. The Labute approximate surface area is 203 Å². The maximum absolute atomic E-state index is 13.1. The van der Waals surface area contributed by atoms with Gasteiger partial charge >= 0.3 is 6.03 Å². The van der Waals surface area contributed by atoms with Crippen LogP contribution in [0.1, 0.15) is 43.6 Å². The number of fused-ring (bicyclic) bond motifs is 3. The van der Waals surface area contributed by atoms with Crippen LogP contribution in [0.15, 0.2) is 42.5 Å². The molecule has 9 heteroatoms. The molecule has 8 nitrogen and oxygen atoms in total. The smallest absolute Gasteiger partial charge is 0.323 e. The maximum Gasteiger partial charge on any atom is 0.323 e. The number of anilines is 2. The van der Waals surface area contributed by atoms with Gasteiger partial charge in [0.15, 0.2) is 0 Å². The maximum atomic E-state index is 13.1. The molecule has 0 radical (unpaired) electrons. The monoisotopic (exact) mass is 483 g/mol. The molecule has 3 heterocycles. The lowest BCUT2D eigenvalue weighted by molar-refractivity contribution is -0.149. The molecule has 3 aliphatic rings. The number of nitrogens with one attached hydrogen (secondary N) is 2. The number of hydrogen-bond donors (Lipinski definition) is 3. The van der Waals surface area contributed by atoms with E-state index in [1.807, 2.05) is 11.0 Å². The predicted molar refractivity (Wildman–Crippen MR) is 128 cm³/mol. The number of hydrogen-bond acceptors (Lipinski definition) is 5. The Balaban J connectivity index is 1.27. The van der Waals surface area contributed by atoms with Crippen LogP contribution < -0.4 is 15.4 Å². The van der Waals surface area contributed by atoms with Crippen molar-refractivity contribution in [1.29, 1.82) is 0 Å². The van der Waals surface area contributed by atoms with Crippen LogP contribution in [0.2, 0.25) is 0 Å². The van der Waals surface area contributed by atoms with Crippen molar-refractivity contribution in [3.8, 4) is 5.75 Å². The van der Waals surface area contributed by atoms with Crippen molar-refractivity contribution in [2.75, 3.05) is 30.3 Å².